The zero-order chi connectivity index (χ0) is 15.9. The van der Waals surface area contributed by atoms with Crippen molar-refractivity contribution in [2.45, 2.75) is 13.8 Å². The van der Waals surface area contributed by atoms with Gasteiger partial charge >= 0.3 is 0 Å². The molecule has 0 aliphatic rings. The molecule has 0 saturated carbocycles. The summed E-state index contributed by atoms with van der Waals surface area (Å²) >= 11 is 0. The number of carbonyl (C=O) groups excluding carboxylic acids is 1. The van der Waals surface area contributed by atoms with Crippen LogP contribution in [0.5, 0.6) is 11.5 Å². The molecule has 0 heterocycles. The van der Waals surface area contributed by atoms with Crippen LogP contribution in [0.15, 0.2) is 42.5 Å². The maximum atomic E-state index is 12.4. The summed E-state index contributed by atoms with van der Waals surface area (Å²) in [6.45, 7) is 4.84. The first-order valence-electron chi connectivity index (χ1n) is 7.21. The van der Waals surface area contributed by atoms with Gasteiger partial charge in [-0.05, 0) is 38.1 Å². The Morgan fingerprint density at radius 1 is 1.08 bits per heavy atom. The van der Waals surface area contributed by atoms with Crippen LogP contribution in [-0.2, 0) is 19.5 Å². The Hall–Kier alpha value is -1.78. The molecule has 126 valence electrons. The van der Waals surface area contributed by atoms with Crippen LogP contribution in [0.2, 0.25) is 0 Å². The average molecular weight is 402 g/mol. The minimum absolute atomic E-state index is 0. The van der Waals surface area contributed by atoms with Crippen LogP contribution in [0.3, 0.4) is 0 Å². The topological polar surface area (TPSA) is 73.6 Å². The summed E-state index contributed by atoms with van der Waals surface area (Å²) in [4.78, 5) is 12.4. The van der Waals surface area contributed by atoms with Gasteiger partial charge in [0.2, 0.25) is 0 Å². The third kappa shape index (κ3) is 5.70. The molecule has 0 bridgehead atoms. The smallest absolute Gasteiger partial charge is 0.257 e. The van der Waals surface area contributed by atoms with Crippen molar-refractivity contribution in [2.24, 2.45) is 0 Å². The summed E-state index contributed by atoms with van der Waals surface area (Å²) in [6.07, 6.45) is 0. The van der Waals surface area contributed by atoms with Gasteiger partial charge in [-0.25, -0.2) is 0 Å². The predicted molar refractivity (Wildman–Crippen MR) is 94.8 cm³/mol. The van der Waals surface area contributed by atoms with Crippen molar-refractivity contribution in [1.29, 1.82) is 0 Å². The number of nitrogens with one attached hydrogen (secondary N) is 1. The second kappa shape index (κ2) is 10.9. The molecule has 0 aliphatic carbocycles. The van der Waals surface area contributed by atoms with Gasteiger partial charge in [-0.2, -0.15) is 0 Å². The van der Waals surface area contributed by atoms with E-state index in [0.29, 0.717) is 41.7 Å². The quantitative estimate of drug-likeness (QED) is 0.571. The van der Waals surface area contributed by atoms with Crippen LogP contribution in [0.4, 0.5) is 11.4 Å². The Morgan fingerprint density at radius 3 is 2.38 bits per heavy atom. The molecule has 7 heteroatoms. The molecule has 2 aromatic rings. The molecule has 0 fully saturated rings. The van der Waals surface area contributed by atoms with E-state index < -0.39 is 0 Å². The van der Waals surface area contributed by atoms with Crippen LogP contribution in [0.1, 0.15) is 24.2 Å². The van der Waals surface area contributed by atoms with Crippen LogP contribution >= 0.6 is 12.4 Å². The largest absolute Gasteiger partial charge is 0.494 e. The third-order valence-corrected chi connectivity index (χ3v) is 3.02. The second-order valence-corrected chi connectivity index (χ2v) is 4.57. The predicted octanol–water partition coefficient (Wildman–Crippen LogP) is 3.74. The van der Waals surface area contributed by atoms with Crippen molar-refractivity contribution in [2.75, 3.05) is 24.3 Å². The number of para-hydroxylation sites is 1. The molecule has 0 radical (unpaired) electrons. The first kappa shape index (κ1) is 22.2. The number of nitrogen functional groups attached to an aromatic ring is 1. The fourth-order valence-corrected chi connectivity index (χ4v) is 2.04. The number of halogens is 1. The first-order valence-corrected chi connectivity index (χ1v) is 7.21. The Labute approximate surface area is 161 Å². The number of hydrogen-bond donors (Lipinski definition) is 2. The van der Waals surface area contributed by atoms with E-state index in [4.69, 9.17) is 15.2 Å². The van der Waals surface area contributed by atoms with Gasteiger partial charge in [0.15, 0.2) is 0 Å². The first-order chi connectivity index (χ1) is 10.7. The van der Waals surface area contributed by atoms with E-state index in [0.717, 1.165) is 0 Å². The SMILES string of the molecule is CCOc1ccc(OCC)c(NC(=O)c2ccccc2N)c1.Cl.[Zn]. The van der Waals surface area contributed by atoms with E-state index in [1.165, 1.54) is 0 Å². The Bertz CT molecular complexity index is 668. The summed E-state index contributed by atoms with van der Waals surface area (Å²) in [5.41, 5.74) is 7.24. The van der Waals surface area contributed by atoms with Gasteiger partial charge in [0.05, 0.1) is 24.5 Å². The summed E-state index contributed by atoms with van der Waals surface area (Å²) in [6, 6.07) is 12.2. The van der Waals surface area contributed by atoms with E-state index in [1.807, 2.05) is 13.8 Å². The van der Waals surface area contributed by atoms with Crippen LogP contribution < -0.4 is 20.5 Å². The summed E-state index contributed by atoms with van der Waals surface area (Å²) in [7, 11) is 0. The minimum atomic E-state index is -0.285. The molecule has 24 heavy (non-hydrogen) atoms. The van der Waals surface area contributed by atoms with E-state index >= 15 is 0 Å². The Kier molecular flexibility index (Phi) is 10.1. The number of carbonyl (C=O) groups is 1. The van der Waals surface area contributed by atoms with Crippen molar-refractivity contribution >= 4 is 29.7 Å². The fourth-order valence-electron chi connectivity index (χ4n) is 2.04. The third-order valence-electron chi connectivity index (χ3n) is 3.02. The molecule has 0 unspecified atom stereocenters. The van der Waals surface area contributed by atoms with Crippen molar-refractivity contribution < 1.29 is 33.7 Å². The average Bonchev–Trinajstić information content (AvgIpc) is 2.50. The van der Waals surface area contributed by atoms with E-state index in [1.54, 1.807) is 42.5 Å². The van der Waals surface area contributed by atoms with Crippen LogP contribution in [0, 0.1) is 0 Å². The number of anilines is 2. The molecule has 5 nitrogen and oxygen atoms in total. The van der Waals surface area contributed by atoms with Crippen molar-refractivity contribution in [3.8, 4) is 11.5 Å². The molecule has 2 rings (SSSR count). The molecule has 0 saturated heterocycles. The maximum Gasteiger partial charge on any atom is 0.257 e. The van der Waals surface area contributed by atoms with E-state index in [2.05, 4.69) is 5.32 Å². The zero-order valence-electron chi connectivity index (χ0n) is 13.9. The van der Waals surface area contributed by atoms with Gasteiger partial charge in [0.1, 0.15) is 11.5 Å². The number of amides is 1. The van der Waals surface area contributed by atoms with Crippen molar-refractivity contribution in [3.63, 3.8) is 0 Å². The van der Waals surface area contributed by atoms with Gasteiger partial charge in [-0.3, -0.25) is 4.79 Å². The minimum Gasteiger partial charge on any atom is -0.494 e. The number of hydrogen-bond acceptors (Lipinski definition) is 4. The zero-order valence-corrected chi connectivity index (χ0v) is 17.7. The number of ether oxygens (including phenoxy) is 2. The standard InChI is InChI=1S/C17H20N2O3.ClH.Zn/c1-3-21-12-9-10-16(22-4-2)15(11-12)19-17(20)13-7-5-6-8-14(13)18;;/h5-11H,3-4,18H2,1-2H3,(H,19,20);1H;. The monoisotopic (exact) mass is 400 g/mol. The Balaban J connectivity index is 0.00000264. The van der Waals surface area contributed by atoms with Crippen molar-refractivity contribution in [3.05, 3.63) is 48.0 Å². The molecular weight excluding hydrogens is 381 g/mol. The molecule has 3 N–H and O–H groups in total. The van der Waals surface area contributed by atoms with Gasteiger partial charge in [0.25, 0.3) is 5.91 Å². The number of rotatable bonds is 6. The number of nitrogens with two attached hydrogens (primary N) is 1. The molecular formula is C17H21ClN2O3Zn. The van der Waals surface area contributed by atoms with Crippen molar-refractivity contribution in [1.82, 2.24) is 0 Å². The fraction of sp³-hybridized carbons (Fsp3) is 0.235. The molecule has 0 atom stereocenters. The van der Waals surface area contributed by atoms with Gasteiger partial charge in [-0.15, -0.1) is 12.4 Å². The maximum absolute atomic E-state index is 12.4. The Morgan fingerprint density at radius 2 is 1.75 bits per heavy atom. The summed E-state index contributed by atoms with van der Waals surface area (Å²) < 4.78 is 11.0. The molecule has 1 amide bonds. The number of benzene rings is 2. The normalized spacial score (nSPS) is 9.25. The van der Waals surface area contributed by atoms with Crippen LogP contribution in [0.25, 0.3) is 0 Å². The van der Waals surface area contributed by atoms with Crippen LogP contribution in [-0.4, -0.2) is 19.1 Å². The van der Waals surface area contributed by atoms with E-state index in [9.17, 15) is 4.79 Å². The summed E-state index contributed by atoms with van der Waals surface area (Å²) in [5, 5.41) is 2.83. The summed E-state index contributed by atoms with van der Waals surface area (Å²) in [5.74, 6) is 0.976. The molecule has 0 aliphatic heterocycles. The van der Waals surface area contributed by atoms with E-state index in [-0.39, 0.29) is 37.8 Å². The molecule has 0 aromatic heterocycles. The second-order valence-electron chi connectivity index (χ2n) is 4.57. The van der Waals surface area contributed by atoms with Gasteiger partial charge in [0, 0.05) is 31.2 Å². The molecule has 0 spiro atoms. The van der Waals surface area contributed by atoms with Gasteiger partial charge in [-0.1, -0.05) is 12.1 Å². The molecule has 2 aromatic carbocycles. The van der Waals surface area contributed by atoms with Gasteiger partial charge < -0.3 is 20.5 Å².